The molecule has 4 rings (SSSR count). The third-order valence-electron chi connectivity index (χ3n) is 4.65. The Balaban J connectivity index is 1.53. The van der Waals surface area contributed by atoms with Crippen LogP contribution in [0.2, 0.25) is 10.0 Å². The van der Waals surface area contributed by atoms with Crippen LogP contribution < -0.4 is 9.47 Å². The Hall–Kier alpha value is -3.13. The van der Waals surface area contributed by atoms with Crippen molar-refractivity contribution in [2.24, 2.45) is 0 Å². The first-order valence-corrected chi connectivity index (χ1v) is 11.3. The van der Waals surface area contributed by atoms with E-state index in [4.69, 9.17) is 32.7 Å². The Kier molecular flexibility index (Phi) is 7.13. The van der Waals surface area contributed by atoms with Crippen molar-refractivity contribution in [3.8, 4) is 11.5 Å². The van der Waals surface area contributed by atoms with E-state index in [2.05, 4.69) is 9.97 Å². The molecule has 0 unspecified atom stereocenters. The van der Waals surface area contributed by atoms with Gasteiger partial charge in [-0.3, -0.25) is 0 Å². The monoisotopic (exact) mass is 500 g/mol. The molecule has 0 aliphatic rings. The van der Waals surface area contributed by atoms with E-state index in [1.54, 1.807) is 36.4 Å². The molecule has 168 valence electrons. The van der Waals surface area contributed by atoms with Crippen LogP contribution in [0.3, 0.4) is 0 Å². The summed E-state index contributed by atoms with van der Waals surface area (Å²) in [7, 11) is 1.52. The zero-order chi connectivity index (χ0) is 23.4. The quantitative estimate of drug-likeness (QED) is 0.207. The van der Waals surface area contributed by atoms with E-state index in [0.717, 1.165) is 28.4 Å². The molecule has 1 heterocycles. The minimum absolute atomic E-state index is 0.112. The summed E-state index contributed by atoms with van der Waals surface area (Å²) in [6, 6.07) is 18.0. The van der Waals surface area contributed by atoms with Gasteiger partial charge in [0.15, 0.2) is 16.7 Å². The molecular weight excluding hydrogens is 483 g/mol. The highest BCUT2D eigenvalue weighted by Gasteiger charge is 2.14. The molecule has 1 aromatic heterocycles. The summed E-state index contributed by atoms with van der Waals surface area (Å²) >= 11 is 13.0. The zero-order valence-corrected chi connectivity index (χ0v) is 19.7. The van der Waals surface area contributed by atoms with Crippen molar-refractivity contribution >= 4 is 58.0 Å². The van der Waals surface area contributed by atoms with E-state index in [1.165, 1.54) is 7.11 Å². The predicted octanol–water partition coefficient (Wildman–Crippen LogP) is 6.68. The number of hydrogen-bond acceptors (Lipinski definition) is 5. The second-order valence-electron chi connectivity index (χ2n) is 6.92. The molecular formula is C24H18Cl2N2O4S. The largest absolute Gasteiger partial charge is 0.493 e. The summed E-state index contributed by atoms with van der Waals surface area (Å²) in [6.45, 7) is 0.269. The third-order valence-corrected chi connectivity index (χ3v) is 6.29. The van der Waals surface area contributed by atoms with Crippen molar-refractivity contribution in [1.29, 1.82) is 0 Å². The maximum atomic E-state index is 11.8. The molecule has 0 amide bonds. The second kappa shape index (κ2) is 10.2. The molecule has 0 spiro atoms. The number of carbonyl (C=O) groups is 1. The van der Waals surface area contributed by atoms with E-state index >= 15 is 0 Å². The van der Waals surface area contributed by atoms with Crippen LogP contribution in [0, 0.1) is 0 Å². The minimum atomic E-state index is -1.06. The Morgan fingerprint density at radius 1 is 1.09 bits per heavy atom. The number of aromatic amines is 1. The Morgan fingerprint density at radius 2 is 1.91 bits per heavy atom. The van der Waals surface area contributed by atoms with Gasteiger partial charge in [-0.1, -0.05) is 47.5 Å². The molecule has 0 saturated heterocycles. The molecule has 4 aromatic rings. The van der Waals surface area contributed by atoms with Crippen LogP contribution in [0.1, 0.15) is 11.1 Å². The van der Waals surface area contributed by atoms with Gasteiger partial charge in [0.2, 0.25) is 0 Å². The highest BCUT2D eigenvalue weighted by molar-refractivity contribution is 8.04. The lowest BCUT2D eigenvalue weighted by Gasteiger charge is -2.12. The normalized spacial score (nSPS) is 11.5. The summed E-state index contributed by atoms with van der Waals surface area (Å²) in [6.07, 6.45) is 1.56. The summed E-state index contributed by atoms with van der Waals surface area (Å²) < 4.78 is 11.3. The van der Waals surface area contributed by atoms with E-state index in [0.29, 0.717) is 32.3 Å². The van der Waals surface area contributed by atoms with E-state index in [-0.39, 0.29) is 11.5 Å². The fourth-order valence-corrected chi connectivity index (χ4v) is 4.17. The van der Waals surface area contributed by atoms with Crippen molar-refractivity contribution in [3.05, 3.63) is 86.7 Å². The lowest BCUT2D eigenvalue weighted by Crippen LogP contribution is -1.99. The molecule has 6 nitrogen and oxygen atoms in total. The number of imidazole rings is 1. The first kappa shape index (κ1) is 23.0. The number of halogens is 2. The van der Waals surface area contributed by atoms with Gasteiger partial charge in [0.25, 0.3) is 0 Å². The van der Waals surface area contributed by atoms with Crippen LogP contribution in [0.25, 0.3) is 17.1 Å². The molecule has 0 aliphatic carbocycles. The number of benzene rings is 3. The third kappa shape index (κ3) is 5.63. The average molecular weight is 501 g/mol. The highest BCUT2D eigenvalue weighted by atomic mass is 35.5. The van der Waals surface area contributed by atoms with E-state index in [9.17, 15) is 9.90 Å². The van der Waals surface area contributed by atoms with Gasteiger partial charge in [-0.25, -0.2) is 9.78 Å². The molecule has 0 aliphatic heterocycles. The number of fused-ring (bicyclic) bond motifs is 1. The Morgan fingerprint density at radius 3 is 2.64 bits per heavy atom. The van der Waals surface area contributed by atoms with Crippen LogP contribution >= 0.6 is 35.0 Å². The van der Waals surface area contributed by atoms with E-state index < -0.39 is 5.97 Å². The predicted molar refractivity (Wildman–Crippen MR) is 131 cm³/mol. The molecule has 0 saturated carbocycles. The number of hydrogen-bond donors (Lipinski definition) is 2. The standard InChI is InChI=1S/C24H18Cl2N2O4S/c1-31-21-11-14(7-9-20(21)32-13-15-6-8-16(25)17(26)10-15)12-22(23(29)30)33-24-27-18-4-2-3-5-19(18)28-24/h2-12H,13H2,1H3,(H,27,28)(H,29,30)/b22-12-. The number of methoxy groups -OCH3 is 1. The topological polar surface area (TPSA) is 84.4 Å². The molecule has 2 N–H and O–H groups in total. The molecule has 33 heavy (non-hydrogen) atoms. The number of thioether (sulfide) groups is 1. The molecule has 3 aromatic carbocycles. The molecule has 0 bridgehead atoms. The van der Waals surface area contributed by atoms with Crippen molar-refractivity contribution in [1.82, 2.24) is 9.97 Å². The van der Waals surface area contributed by atoms with Crippen molar-refractivity contribution in [2.45, 2.75) is 11.8 Å². The summed E-state index contributed by atoms with van der Waals surface area (Å²) in [5, 5.41) is 11.1. The van der Waals surface area contributed by atoms with Crippen molar-refractivity contribution < 1.29 is 19.4 Å². The van der Waals surface area contributed by atoms with Gasteiger partial charge in [0.05, 0.1) is 28.2 Å². The van der Waals surface area contributed by atoms with Crippen LogP contribution in [-0.4, -0.2) is 28.2 Å². The number of para-hydroxylation sites is 2. The number of nitrogens with zero attached hydrogens (tertiary/aromatic N) is 1. The first-order chi connectivity index (χ1) is 15.9. The van der Waals surface area contributed by atoms with Crippen molar-refractivity contribution in [3.63, 3.8) is 0 Å². The molecule has 0 fully saturated rings. The maximum absolute atomic E-state index is 11.8. The smallest absolute Gasteiger partial charge is 0.342 e. The second-order valence-corrected chi connectivity index (χ2v) is 8.77. The van der Waals surface area contributed by atoms with Gasteiger partial charge in [-0.2, -0.15) is 0 Å². The number of carboxylic acid groups (broad SMARTS) is 1. The summed E-state index contributed by atoms with van der Waals surface area (Å²) in [5.74, 6) is -0.0656. The van der Waals surface area contributed by atoms with Crippen LogP contribution in [0.5, 0.6) is 11.5 Å². The van der Waals surface area contributed by atoms with Crippen LogP contribution in [0.15, 0.2) is 70.7 Å². The van der Waals surface area contributed by atoms with Gasteiger partial charge in [0.1, 0.15) is 11.5 Å². The molecule has 0 atom stereocenters. The number of carboxylic acids is 1. The Bertz CT molecular complexity index is 1320. The average Bonchev–Trinajstić information content (AvgIpc) is 3.22. The van der Waals surface area contributed by atoms with Gasteiger partial charge < -0.3 is 19.6 Å². The fourth-order valence-electron chi connectivity index (χ4n) is 3.05. The number of ether oxygens (including phenoxy) is 2. The Labute approximate surface area is 204 Å². The fraction of sp³-hybridized carbons (Fsp3) is 0.0833. The summed E-state index contributed by atoms with van der Waals surface area (Å²) in [5.41, 5.74) is 3.12. The van der Waals surface area contributed by atoms with Gasteiger partial charge in [0, 0.05) is 0 Å². The van der Waals surface area contributed by atoms with Crippen LogP contribution in [-0.2, 0) is 11.4 Å². The lowest BCUT2D eigenvalue weighted by molar-refractivity contribution is -0.131. The highest BCUT2D eigenvalue weighted by Crippen LogP contribution is 2.33. The van der Waals surface area contributed by atoms with Crippen LogP contribution in [0.4, 0.5) is 0 Å². The van der Waals surface area contributed by atoms with E-state index in [1.807, 2.05) is 30.3 Å². The van der Waals surface area contributed by atoms with Crippen molar-refractivity contribution in [2.75, 3.05) is 7.11 Å². The van der Waals surface area contributed by atoms with Gasteiger partial charge in [-0.05, 0) is 65.4 Å². The SMILES string of the molecule is COc1cc(/C=C(\Sc2nc3ccccc3[nH]2)C(=O)O)ccc1OCc1ccc(Cl)c(Cl)c1. The molecule has 9 heteroatoms. The maximum Gasteiger partial charge on any atom is 0.342 e. The molecule has 0 radical (unpaired) electrons. The van der Waals surface area contributed by atoms with Gasteiger partial charge >= 0.3 is 5.97 Å². The van der Waals surface area contributed by atoms with Gasteiger partial charge in [-0.15, -0.1) is 0 Å². The number of nitrogens with one attached hydrogen (secondary N) is 1. The summed E-state index contributed by atoms with van der Waals surface area (Å²) in [4.78, 5) is 19.5. The number of aromatic nitrogens is 2. The number of H-pyrrole nitrogens is 1. The zero-order valence-electron chi connectivity index (χ0n) is 17.3. The number of rotatable bonds is 8. The lowest BCUT2D eigenvalue weighted by atomic mass is 10.2. The number of aliphatic carboxylic acids is 1. The minimum Gasteiger partial charge on any atom is -0.493 e. The first-order valence-electron chi connectivity index (χ1n) is 9.75.